The van der Waals surface area contributed by atoms with Crippen LogP contribution in [0.1, 0.15) is 33.4 Å². The number of rotatable bonds is 6. The summed E-state index contributed by atoms with van der Waals surface area (Å²) >= 11 is 0. The molecule has 0 aliphatic rings. The second-order valence-corrected chi connectivity index (χ2v) is 10.5. The van der Waals surface area contributed by atoms with Crippen LogP contribution < -0.4 is 0 Å². The number of pyridine rings is 2. The highest BCUT2D eigenvalue weighted by molar-refractivity contribution is 5.52. The lowest BCUT2D eigenvalue weighted by Crippen LogP contribution is -2.00. The van der Waals surface area contributed by atoms with Crippen LogP contribution in [-0.4, -0.2) is 40.0 Å². The average Bonchev–Trinajstić information content (AvgIpc) is 3.79. The molecule has 0 aliphatic carbocycles. The fourth-order valence-electron chi connectivity index (χ4n) is 4.70. The third kappa shape index (κ3) is 7.11. The number of nitrogens with zero attached hydrogens (tertiary/aromatic N) is 8. The average molecular weight is 595 g/mol. The zero-order chi connectivity index (χ0) is 31.0. The summed E-state index contributed by atoms with van der Waals surface area (Å²) < 4.78 is 3.62. The minimum Gasteiger partial charge on any atom is -0.254 e. The highest BCUT2D eigenvalue weighted by Crippen LogP contribution is 2.15. The van der Waals surface area contributed by atoms with Gasteiger partial charge in [0.1, 0.15) is 11.4 Å². The van der Waals surface area contributed by atoms with Crippen molar-refractivity contribution in [2.75, 3.05) is 0 Å². The van der Waals surface area contributed by atoms with E-state index in [1.54, 1.807) is 12.4 Å². The molecular weight excluding hydrogens is 568 g/mol. The number of benzene rings is 3. The molecule has 0 saturated carbocycles. The first-order chi connectivity index (χ1) is 22.7. The Labute approximate surface area is 266 Å². The topological polar surface area (TPSA) is 87.2 Å². The molecule has 0 aliphatic heterocycles. The van der Waals surface area contributed by atoms with Gasteiger partial charge in [0.25, 0.3) is 0 Å². The summed E-state index contributed by atoms with van der Waals surface area (Å²) in [6.07, 6.45) is 7.31. The quantitative estimate of drug-likeness (QED) is 0.223. The number of aromatic nitrogens is 8. The molecule has 0 radical (unpaired) electrons. The smallest absolute Gasteiger partial charge is 0.131 e. The molecule has 4 heterocycles. The van der Waals surface area contributed by atoms with E-state index in [4.69, 9.17) is 0 Å². The maximum atomic E-state index is 4.33. The summed E-state index contributed by atoms with van der Waals surface area (Å²) in [6, 6.07) is 35.8. The van der Waals surface area contributed by atoms with E-state index in [9.17, 15) is 0 Å². The van der Waals surface area contributed by atoms with Gasteiger partial charge in [-0.3, -0.25) is 9.97 Å². The van der Waals surface area contributed by atoms with Gasteiger partial charge in [-0.1, -0.05) is 70.5 Å². The van der Waals surface area contributed by atoms with Gasteiger partial charge < -0.3 is 0 Å². The minimum absolute atomic E-state index is 0.622. The van der Waals surface area contributed by atoms with Crippen molar-refractivity contribution in [1.82, 2.24) is 40.0 Å². The summed E-state index contributed by atoms with van der Waals surface area (Å²) in [5.74, 6) is 13.0. The second-order valence-electron chi connectivity index (χ2n) is 10.5. The van der Waals surface area contributed by atoms with Crippen molar-refractivity contribution in [3.05, 3.63) is 167 Å². The van der Waals surface area contributed by atoms with Gasteiger partial charge in [0.05, 0.1) is 36.9 Å². The zero-order valence-corrected chi connectivity index (χ0v) is 24.7. The first-order valence-electron chi connectivity index (χ1n) is 14.7. The lowest BCUT2D eigenvalue weighted by atomic mass is 10.1. The largest absolute Gasteiger partial charge is 0.254 e. The summed E-state index contributed by atoms with van der Waals surface area (Å²) in [7, 11) is 0. The van der Waals surface area contributed by atoms with Gasteiger partial charge in [0, 0.05) is 34.6 Å². The van der Waals surface area contributed by atoms with Crippen LogP contribution in [0, 0.1) is 23.7 Å². The van der Waals surface area contributed by atoms with Crippen molar-refractivity contribution < 1.29 is 0 Å². The van der Waals surface area contributed by atoms with Crippen LogP contribution in [0.15, 0.2) is 134 Å². The molecule has 4 aromatic heterocycles. The van der Waals surface area contributed by atoms with E-state index in [-0.39, 0.29) is 0 Å². The van der Waals surface area contributed by atoms with Gasteiger partial charge in [0.15, 0.2) is 0 Å². The van der Waals surface area contributed by atoms with Crippen molar-refractivity contribution in [3.63, 3.8) is 0 Å². The van der Waals surface area contributed by atoms with Crippen LogP contribution in [0.3, 0.4) is 0 Å². The molecule has 0 fully saturated rings. The standard InChI is InChI=1S/C38H26N8/c1-3-23-39-35(5-1)37-27-45(43-41-37)25-33-19-15-31(16-20-33)13-11-29-7-9-30(10-8-29)12-14-32-17-21-34(22-18-32)26-46-28-38(42-44-46)36-6-2-4-24-40-36/h1-10,15-24,27-28H,25-26H2. The van der Waals surface area contributed by atoms with Crippen LogP contribution in [0.25, 0.3) is 22.8 Å². The van der Waals surface area contributed by atoms with Gasteiger partial charge in [-0.25, -0.2) is 9.36 Å². The Hall–Kier alpha value is -6.64. The second kappa shape index (κ2) is 13.3. The van der Waals surface area contributed by atoms with Crippen molar-refractivity contribution in [2.24, 2.45) is 0 Å². The first-order valence-corrected chi connectivity index (χ1v) is 14.7. The van der Waals surface area contributed by atoms with E-state index in [0.29, 0.717) is 13.1 Å². The van der Waals surface area contributed by atoms with Crippen LogP contribution in [-0.2, 0) is 13.1 Å². The molecule has 0 unspecified atom stereocenters. The fraction of sp³-hybridized carbons (Fsp3) is 0.0526. The molecule has 0 saturated heterocycles. The maximum absolute atomic E-state index is 4.33. The Kier molecular flexibility index (Phi) is 8.16. The lowest BCUT2D eigenvalue weighted by molar-refractivity contribution is 0.650. The predicted octanol–water partition coefficient (Wildman–Crippen LogP) is 5.89. The van der Waals surface area contributed by atoms with Crippen molar-refractivity contribution in [3.8, 4) is 46.5 Å². The number of hydrogen-bond donors (Lipinski definition) is 0. The molecule has 3 aromatic carbocycles. The molecule has 7 aromatic rings. The van der Waals surface area contributed by atoms with Crippen molar-refractivity contribution >= 4 is 0 Å². The van der Waals surface area contributed by atoms with E-state index in [0.717, 1.165) is 56.2 Å². The van der Waals surface area contributed by atoms with Crippen LogP contribution in [0.2, 0.25) is 0 Å². The first kappa shape index (κ1) is 28.1. The predicted molar refractivity (Wildman–Crippen MR) is 176 cm³/mol. The molecule has 0 atom stereocenters. The Morgan fingerprint density at radius 1 is 0.413 bits per heavy atom. The number of hydrogen-bond acceptors (Lipinski definition) is 6. The zero-order valence-electron chi connectivity index (χ0n) is 24.7. The molecule has 8 heteroatoms. The lowest BCUT2D eigenvalue weighted by Gasteiger charge is -2.01. The Balaban J connectivity index is 0.925. The third-order valence-electron chi connectivity index (χ3n) is 7.12. The summed E-state index contributed by atoms with van der Waals surface area (Å²) in [5, 5.41) is 16.9. The van der Waals surface area contributed by atoms with Gasteiger partial charge in [-0.05, 0) is 83.9 Å². The van der Waals surface area contributed by atoms with E-state index >= 15 is 0 Å². The van der Waals surface area contributed by atoms with Crippen molar-refractivity contribution in [2.45, 2.75) is 13.1 Å². The van der Waals surface area contributed by atoms with Crippen LogP contribution in [0.5, 0.6) is 0 Å². The maximum Gasteiger partial charge on any atom is 0.131 e. The van der Waals surface area contributed by atoms with Crippen LogP contribution in [0.4, 0.5) is 0 Å². The Morgan fingerprint density at radius 3 is 1.13 bits per heavy atom. The van der Waals surface area contributed by atoms with E-state index < -0.39 is 0 Å². The minimum atomic E-state index is 0.622. The van der Waals surface area contributed by atoms with Gasteiger partial charge in [-0.15, -0.1) is 10.2 Å². The molecule has 7 rings (SSSR count). The van der Waals surface area contributed by atoms with Crippen LogP contribution >= 0.6 is 0 Å². The molecule has 0 spiro atoms. The summed E-state index contributed by atoms with van der Waals surface area (Å²) in [6.45, 7) is 1.24. The van der Waals surface area contributed by atoms with Gasteiger partial charge in [0.2, 0.25) is 0 Å². The fourth-order valence-corrected chi connectivity index (χ4v) is 4.70. The van der Waals surface area contributed by atoms with E-state index in [1.807, 2.05) is 107 Å². The summed E-state index contributed by atoms with van der Waals surface area (Å²) in [5.41, 5.74) is 9.12. The molecule has 0 N–H and O–H groups in total. The Morgan fingerprint density at radius 2 is 0.783 bits per heavy atom. The molecule has 218 valence electrons. The SMILES string of the molecule is C(#Cc1ccc(Cn2cc(-c3ccccn3)nn2)cc1)c1ccc(C#Cc2ccc(Cn3cc(-c4ccccn4)nn3)cc2)cc1. The van der Waals surface area contributed by atoms with Gasteiger partial charge in [-0.2, -0.15) is 0 Å². The molecule has 0 amide bonds. The van der Waals surface area contributed by atoms with E-state index in [1.165, 1.54) is 0 Å². The normalized spacial score (nSPS) is 10.4. The third-order valence-corrected chi connectivity index (χ3v) is 7.12. The van der Waals surface area contributed by atoms with Gasteiger partial charge >= 0.3 is 0 Å². The van der Waals surface area contributed by atoms with E-state index in [2.05, 4.69) is 78.5 Å². The molecule has 0 bridgehead atoms. The monoisotopic (exact) mass is 594 g/mol. The molecule has 46 heavy (non-hydrogen) atoms. The highest BCUT2D eigenvalue weighted by Gasteiger charge is 2.06. The van der Waals surface area contributed by atoms with Crippen molar-refractivity contribution in [1.29, 1.82) is 0 Å². The summed E-state index contributed by atoms with van der Waals surface area (Å²) in [4.78, 5) is 8.66. The Bertz CT molecular complexity index is 2020. The molecule has 8 nitrogen and oxygen atoms in total. The molecular formula is C38H26N8. The highest BCUT2D eigenvalue weighted by atomic mass is 15.4.